The van der Waals surface area contributed by atoms with Crippen molar-refractivity contribution in [2.75, 3.05) is 6.61 Å². The van der Waals surface area contributed by atoms with Crippen LogP contribution in [0.3, 0.4) is 0 Å². The van der Waals surface area contributed by atoms with Crippen LogP contribution in [0.25, 0.3) is 27.7 Å². The van der Waals surface area contributed by atoms with Crippen LogP contribution in [0.5, 0.6) is 5.75 Å². The van der Waals surface area contributed by atoms with E-state index in [2.05, 4.69) is 39.4 Å². The Morgan fingerprint density at radius 1 is 1.22 bits per heavy atom. The van der Waals surface area contributed by atoms with Gasteiger partial charge < -0.3 is 14.5 Å². The number of halogens is 1. The molecule has 1 aliphatic carbocycles. The summed E-state index contributed by atoms with van der Waals surface area (Å²) in [6.07, 6.45) is 9.30. The molecule has 4 rings (SSSR count). The number of nitrogens with one attached hydrogen (secondary N) is 1. The number of hydrogen-bond donors (Lipinski definition) is 1. The Hall–Kier alpha value is -2.53. The van der Waals surface area contributed by atoms with E-state index in [4.69, 9.17) is 9.15 Å². The van der Waals surface area contributed by atoms with Crippen molar-refractivity contribution >= 4 is 38.4 Å². The smallest absolute Gasteiger partial charge is 0.244 e. The molecule has 4 nitrogen and oxygen atoms in total. The molecule has 2 aromatic carbocycles. The van der Waals surface area contributed by atoms with Gasteiger partial charge in [0.05, 0.1) is 12.9 Å². The first-order valence-corrected chi connectivity index (χ1v) is 12.2. The first kappa shape index (κ1) is 22.7. The highest BCUT2D eigenvalue weighted by Crippen LogP contribution is 2.41. The molecule has 0 atom stereocenters. The zero-order chi connectivity index (χ0) is 22.7. The third kappa shape index (κ3) is 4.78. The maximum Gasteiger partial charge on any atom is 0.244 e. The second kappa shape index (κ2) is 9.95. The zero-order valence-electron chi connectivity index (χ0n) is 19.0. The fourth-order valence-electron chi connectivity index (χ4n) is 4.56. The molecule has 0 spiro atoms. The molecule has 1 saturated carbocycles. The molecule has 1 amide bonds. The number of amides is 1. The predicted molar refractivity (Wildman–Crippen MR) is 134 cm³/mol. The fraction of sp³-hybridized carbons (Fsp3) is 0.370. The second-order valence-corrected chi connectivity index (χ2v) is 9.43. The molecule has 0 unspecified atom stereocenters. The minimum absolute atomic E-state index is 0.0325. The summed E-state index contributed by atoms with van der Waals surface area (Å²) in [5.74, 6) is 0.742. The quantitative estimate of drug-likeness (QED) is 0.361. The van der Waals surface area contributed by atoms with Crippen molar-refractivity contribution in [2.24, 2.45) is 0 Å². The topological polar surface area (TPSA) is 51.5 Å². The number of furan rings is 1. The molecular formula is C27H30BrNO3. The van der Waals surface area contributed by atoms with Crippen LogP contribution < -0.4 is 10.1 Å². The van der Waals surface area contributed by atoms with Crippen molar-refractivity contribution in [2.45, 2.75) is 58.9 Å². The summed E-state index contributed by atoms with van der Waals surface area (Å²) < 4.78 is 13.0. The van der Waals surface area contributed by atoms with Crippen molar-refractivity contribution in [1.29, 1.82) is 0 Å². The van der Waals surface area contributed by atoms with E-state index < -0.39 is 0 Å². The average molecular weight is 496 g/mol. The molecule has 1 aliphatic rings. The number of benzene rings is 2. The molecule has 1 N–H and O–H groups in total. The average Bonchev–Trinajstić information content (AvgIpc) is 3.21. The van der Waals surface area contributed by atoms with Crippen LogP contribution >= 0.6 is 15.9 Å². The number of ether oxygens (including phenoxy) is 1. The van der Waals surface area contributed by atoms with Crippen LogP contribution in [-0.4, -0.2) is 18.6 Å². The molecule has 1 fully saturated rings. The monoisotopic (exact) mass is 495 g/mol. The normalized spacial score (nSPS) is 15.2. The van der Waals surface area contributed by atoms with Gasteiger partial charge >= 0.3 is 0 Å². The van der Waals surface area contributed by atoms with Crippen LogP contribution in [0.2, 0.25) is 0 Å². The third-order valence-corrected chi connectivity index (χ3v) is 6.74. The maximum absolute atomic E-state index is 12.7. The van der Waals surface area contributed by atoms with Gasteiger partial charge in [-0.05, 0) is 62.9 Å². The summed E-state index contributed by atoms with van der Waals surface area (Å²) in [6.45, 7) is 6.50. The first-order chi connectivity index (χ1) is 15.5. The van der Waals surface area contributed by atoms with E-state index in [1.165, 1.54) is 19.3 Å². The number of carbonyl (C=O) groups excluding carboxylic acids is 1. The van der Waals surface area contributed by atoms with E-state index in [-0.39, 0.29) is 11.9 Å². The van der Waals surface area contributed by atoms with Gasteiger partial charge in [-0.15, -0.1) is 0 Å². The van der Waals surface area contributed by atoms with E-state index in [9.17, 15) is 4.79 Å². The molecule has 3 aromatic rings. The third-order valence-electron chi connectivity index (χ3n) is 6.21. The van der Waals surface area contributed by atoms with Gasteiger partial charge in [-0.1, -0.05) is 47.3 Å². The number of fused-ring (bicyclic) bond motifs is 1. The van der Waals surface area contributed by atoms with Crippen LogP contribution in [0.15, 0.2) is 51.6 Å². The van der Waals surface area contributed by atoms with Crippen molar-refractivity contribution in [3.63, 3.8) is 0 Å². The summed E-state index contributed by atoms with van der Waals surface area (Å²) >= 11 is 3.50. The van der Waals surface area contributed by atoms with E-state index in [1.807, 2.05) is 32.9 Å². The Morgan fingerprint density at radius 2 is 1.94 bits per heavy atom. The Bertz CT molecular complexity index is 1140. The molecular weight excluding hydrogens is 466 g/mol. The molecule has 0 bridgehead atoms. The number of carbonyl (C=O) groups is 1. The highest BCUT2D eigenvalue weighted by Gasteiger charge is 2.20. The Balaban J connectivity index is 1.74. The lowest BCUT2D eigenvalue weighted by molar-refractivity contribution is -0.117. The maximum atomic E-state index is 12.7. The van der Waals surface area contributed by atoms with Crippen LogP contribution in [0, 0.1) is 6.92 Å². The Labute approximate surface area is 198 Å². The van der Waals surface area contributed by atoms with Gasteiger partial charge in [0.2, 0.25) is 5.91 Å². The van der Waals surface area contributed by atoms with Gasteiger partial charge in [0.15, 0.2) is 0 Å². The summed E-state index contributed by atoms with van der Waals surface area (Å²) in [5.41, 5.74) is 5.68. The fourth-order valence-corrected chi connectivity index (χ4v) is 4.82. The summed E-state index contributed by atoms with van der Waals surface area (Å²) in [5, 5.41) is 4.20. The van der Waals surface area contributed by atoms with Crippen molar-refractivity contribution in [3.8, 4) is 16.9 Å². The van der Waals surface area contributed by atoms with Gasteiger partial charge in [-0.3, -0.25) is 4.79 Å². The zero-order valence-corrected chi connectivity index (χ0v) is 20.6. The van der Waals surface area contributed by atoms with Gasteiger partial charge in [0, 0.05) is 38.7 Å². The second-order valence-electron chi connectivity index (χ2n) is 8.52. The molecule has 32 heavy (non-hydrogen) atoms. The van der Waals surface area contributed by atoms with Crippen molar-refractivity contribution in [1.82, 2.24) is 5.32 Å². The minimum Gasteiger partial charge on any atom is -0.493 e. The number of aryl methyl sites for hydroxylation is 1. The van der Waals surface area contributed by atoms with E-state index >= 15 is 0 Å². The molecule has 168 valence electrons. The first-order valence-electron chi connectivity index (χ1n) is 11.4. The molecule has 5 heteroatoms. The number of allylic oxidation sites excluding steroid dienone is 1. The SMILES string of the molecule is CCOc1c(/C(C)=C/C(=O)NC2CCCCC2)cc2c(-c3ccc(Br)cc3)coc2c1C. The van der Waals surface area contributed by atoms with Gasteiger partial charge in [-0.2, -0.15) is 0 Å². The lowest BCUT2D eigenvalue weighted by Gasteiger charge is -2.22. The van der Waals surface area contributed by atoms with Crippen LogP contribution in [-0.2, 0) is 4.79 Å². The molecule has 0 aliphatic heterocycles. The van der Waals surface area contributed by atoms with E-state index in [0.29, 0.717) is 6.61 Å². The highest BCUT2D eigenvalue weighted by atomic mass is 79.9. The lowest BCUT2D eigenvalue weighted by Crippen LogP contribution is -2.35. The number of hydrogen-bond acceptors (Lipinski definition) is 3. The molecule has 1 aromatic heterocycles. The van der Waals surface area contributed by atoms with Gasteiger partial charge in [0.1, 0.15) is 11.3 Å². The standard InChI is InChI=1S/C27H30BrNO3/c1-4-31-26-18(3)27-23(24(16-32-27)19-10-12-20(28)13-11-19)15-22(26)17(2)14-25(30)29-21-8-6-5-7-9-21/h10-16,21H,4-9H2,1-3H3,(H,29,30)/b17-14+. The number of rotatable bonds is 6. The van der Waals surface area contributed by atoms with Gasteiger partial charge in [-0.25, -0.2) is 0 Å². The van der Waals surface area contributed by atoms with Gasteiger partial charge in [0.25, 0.3) is 0 Å². The highest BCUT2D eigenvalue weighted by molar-refractivity contribution is 9.10. The van der Waals surface area contributed by atoms with Crippen molar-refractivity contribution in [3.05, 3.63) is 58.3 Å². The molecule has 0 radical (unpaired) electrons. The molecule has 1 heterocycles. The van der Waals surface area contributed by atoms with Crippen LogP contribution in [0.1, 0.15) is 57.1 Å². The predicted octanol–water partition coefficient (Wildman–Crippen LogP) is 7.42. The summed E-state index contributed by atoms with van der Waals surface area (Å²) in [6, 6.07) is 10.6. The summed E-state index contributed by atoms with van der Waals surface area (Å²) in [7, 11) is 0. The molecule has 0 saturated heterocycles. The van der Waals surface area contributed by atoms with Crippen molar-refractivity contribution < 1.29 is 13.9 Å². The van der Waals surface area contributed by atoms with E-state index in [1.54, 1.807) is 12.3 Å². The summed E-state index contributed by atoms with van der Waals surface area (Å²) in [4.78, 5) is 12.7. The lowest BCUT2D eigenvalue weighted by atomic mass is 9.95. The Morgan fingerprint density at radius 3 is 2.62 bits per heavy atom. The van der Waals surface area contributed by atoms with E-state index in [0.717, 1.165) is 61.9 Å². The largest absolute Gasteiger partial charge is 0.493 e. The van der Waals surface area contributed by atoms with Crippen LogP contribution in [0.4, 0.5) is 0 Å². The Kier molecular flexibility index (Phi) is 7.04. The minimum atomic E-state index is -0.0325.